The molecular weight excluding hydrogens is 315 g/mol. The maximum Gasteiger partial charge on any atom is 0.490 e. The topological polar surface area (TPSA) is 27.7 Å². The van der Waals surface area contributed by atoms with E-state index in [4.69, 9.17) is 13.7 Å². The summed E-state index contributed by atoms with van der Waals surface area (Å²) in [6, 6.07) is 0. The van der Waals surface area contributed by atoms with E-state index < -0.39 is 8.32 Å². The van der Waals surface area contributed by atoms with E-state index in [9.17, 15) is 0 Å². The number of hydrogen-bond donors (Lipinski definition) is 0. The third-order valence-electron chi connectivity index (χ3n) is 5.66. The van der Waals surface area contributed by atoms with Gasteiger partial charge >= 0.3 is 7.12 Å². The SMILES string of the molecule is CC(C)O[Si](C)(C)/C=C(\B1OC(C)(C)C(C)(C)O1)C1CCCCC1. The third kappa shape index (κ3) is 4.75. The van der Waals surface area contributed by atoms with Crippen LogP contribution in [0.4, 0.5) is 0 Å². The summed E-state index contributed by atoms with van der Waals surface area (Å²) in [4.78, 5) is 0. The smallest absolute Gasteiger partial charge is 0.411 e. The Labute approximate surface area is 150 Å². The zero-order chi connectivity index (χ0) is 18.2. The lowest BCUT2D eigenvalue weighted by Crippen LogP contribution is -2.41. The van der Waals surface area contributed by atoms with E-state index in [0.717, 1.165) is 0 Å². The number of allylic oxidation sites excluding steroid dienone is 1. The summed E-state index contributed by atoms with van der Waals surface area (Å²) >= 11 is 0. The summed E-state index contributed by atoms with van der Waals surface area (Å²) < 4.78 is 19.1. The van der Waals surface area contributed by atoms with Gasteiger partial charge in [-0.3, -0.25) is 0 Å². The monoisotopic (exact) mass is 352 g/mol. The van der Waals surface area contributed by atoms with Crippen LogP contribution in [0.15, 0.2) is 11.2 Å². The normalized spacial score (nSPS) is 25.5. The van der Waals surface area contributed by atoms with Crippen LogP contribution in [0.2, 0.25) is 13.1 Å². The molecule has 0 aromatic carbocycles. The molecule has 2 fully saturated rings. The first-order valence-corrected chi connectivity index (χ1v) is 12.7. The molecule has 5 heteroatoms. The molecule has 3 nitrogen and oxygen atoms in total. The summed E-state index contributed by atoms with van der Waals surface area (Å²) in [5.74, 6) is 0.580. The molecule has 1 saturated carbocycles. The minimum atomic E-state index is -1.90. The van der Waals surface area contributed by atoms with Crippen molar-refractivity contribution in [3.05, 3.63) is 11.2 Å². The van der Waals surface area contributed by atoms with Crippen molar-refractivity contribution in [2.75, 3.05) is 0 Å². The maximum absolute atomic E-state index is 6.41. The fourth-order valence-electron chi connectivity index (χ4n) is 3.84. The highest BCUT2D eigenvalue weighted by Gasteiger charge is 2.53. The number of rotatable bonds is 5. The molecule has 0 bridgehead atoms. The Morgan fingerprint density at radius 3 is 2.00 bits per heavy atom. The molecule has 0 N–H and O–H groups in total. The second kappa shape index (κ2) is 7.26. The van der Waals surface area contributed by atoms with Gasteiger partial charge in [0.05, 0.1) is 11.2 Å². The summed E-state index contributed by atoms with van der Waals surface area (Å²) in [5.41, 5.74) is 3.21. The zero-order valence-corrected chi connectivity index (χ0v) is 18.1. The lowest BCUT2D eigenvalue weighted by molar-refractivity contribution is 0.00578. The Kier molecular flexibility index (Phi) is 6.11. The summed E-state index contributed by atoms with van der Waals surface area (Å²) in [7, 11) is -2.12. The van der Waals surface area contributed by atoms with Gasteiger partial charge in [0.2, 0.25) is 8.32 Å². The van der Waals surface area contributed by atoms with Crippen molar-refractivity contribution in [1.29, 1.82) is 0 Å². The van der Waals surface area contributed by atoms with Crippen LogP contribution < -0.4 is 0 Å². The summed E-state index contributed by atoms with van der Waals surface area (Å²) in [5, 5.41) is 0. The van der Waals surface area contributed by atoms with Crippen LogP contribution in [-0.2, 0) is 13.7 Å². The Balaban J connectivity index is 2.30. The minimum absolute atomic E-state index is 0.222. The van der Waals surface area contributed by atoms with Crippen molar-refractivity contribution in [3.63, 3.8) is 0 Å². The van der Waals surface area contributed by atoms with Gasteiger partial charge in [0.1, 0.15) is 0 Å². The Hall–Kier alpha value is -0.0982. The van der Waals surface area contributed by atoms with Crippen LogP contribution >= 0.6 is 0 Å². The maximum atomic E-state index is 6.41. The van der Waals surface area contributed by atoms with Crippen LogP contribution in [0.5, 0.6) is 0 Å². The van der Waals surface area contributed by atoms with Crippen molar-refractivity contribution >= 4 is 15.4 Å². The molecule has 24 heavy (non-hydrogen) atoms. The molecule has 0 radical (unpaired) electrons. The average Bonchev–Trinajstić information content (AvgIpc) is 2.64. The van der Waals surface area contributed by atoms with Gasteiger partial charge in [-0.25, -0.2) is 0 Å². The molecule has 2 rings (SSSR count). The summed E-state index contributed by atoms with van der Waals surface area (Å²) in [6.45, 7) is 17.4. The quantitative estimate of drug-likeness (QED) is 0.629. The molecule has 1 saturated heterocycles. The lowest BCUT2D eigenvalue weighted by Gasteiger charge is -2.32. The standard InChI is InChI=1S/C19H37BO3Si/c1-15(2)21-24(7,8)14-17(16-12-10-9-11-13-16)20-22-18(3,4)19(5,6)23-20/h14-16H,9-13H2,1-8H3/b17-14-. The van der Waals surface area contributed by atoms with Crippen molar-refractivity contribution in [2.45, 2.75) is 104 Å². The van der Waals surface area contributed by atoms with Crippen molar-refractivity contribution < 1.29 is 13.7 Å². The molecule has 0 atom stereocenters. The van der Waals surface area contributed by atoms with Crippen LogP contribution in [0, 0.1) is 5.92 Å². The van der Waals surface area contributed by atoms with Crippen LogP contribution in [0.25, 0.3) is 0 Å². The second-order valence-electron chi connectivity index (χ2n) is 9.34. The molecule has 138 valence electrons. The van der Waals surface area contributed by atoms with Gasteiger partial charge < -0.3 is 13.7 Å². The van der Waals surface area contributed by atoms with E-state index in [-0.39, 0.29) is 24.4 Å². The van der Waals surface area contributed by atoms with Crippen LogP contribution in [-0.4, -0.2) is 32.7 Å². The first-order valence-electron chi connectivity index (χ1n) is 9.70. The molecule has 2 aliphatic rings. The average molecular weight is 352 g/mol. The number of hydrogen-bond acceptors (Lipinski definition) is 3. The molecule has 1 aliphatic heterocycles. The van der Waals surface area contributed by atoms with E-state index in [1.165, 1.54) is 37.6 Å². The fourth-order valence-corrected chi connectivity index (χ4v) is 6.29. The van der Waals surface area contributed by atoms with Crippen molar-refractivity contribution in [3.8, 4) is 0 Å². The molecule has 1 aliphatic carbocycles. The highest BCUT2D eigenvalue weighted by atomic mass is 28.4. The van der Waals surface area contributed by atoms with Gasteiger partial charge in [-0.05, 0) is 78.9 Å². The van der Waals surface area contributed by atoms with E-state index in [1.807, 2.05) is 0 Å². The van der Waals surface area contributed by atoms with E-state index in [1.54, 1.807) is 0 Å². The highest BCUT2D eigenvalue weighted by Crippen LogP contribution is 2.42. The van der Waals surface area contributed by atoms with Gasteiger partial charge in [0.25, 0.3) is 0 Å². The van der Waals surface area contributed by atoms with Crippen LogP contribution in [0.3, 0.4) is 0 Å². The third-order valence-corrected chi connectivity index (χ3v) is 7.76. The molecular formula is C19H37BO3Si. The van der Waals surface area contributed by atoms with Crippen molar-refractivity contribution in [1.82, 2.24) is 0 Å². The van der Waals surface area contributed by atoms with E-state index in [2.05, 4.69) is 60.3 Å². The minimum Gasteiger partial charge on any atom is -0.411 e. The first kappa shape index (κ1) is 20.2. The molecule has 0 aromatic heterocycles. The highest BCUT2D eigenvalue weighted by molar-refractivity contribution is 6.78. The Morgan fingerprint density at radius 2 is 1.54 bits per heavy atom. The molecule has 0 amide bonds. The molecule has 0 aromatic rings. The summed E-state index contributed by atoms with van der Waals surface area (Å²) in [6.07, 6.45) is 6.75. The van der Waals surface area contributed by atoms with Crippen molar-refractivity contribution in [2.24, 2.45) is 5.92 Å². The van der Waals surface area contributed by atoms with E-state index in [0.29, 0.717) is 5.92 Å². The van der Waals surface area contributed by atoms with E-state index >= 15 is 0 Å². The Bertz CT molecular complexity index is 449. The zero-order valence-electron chi connectivity index (χ0n) is 17.1. The second-order valence-corrected chi connectivity index (χ2v) is 13.1. The fraction of sp³-hybridized carbons (Fsp3) is 0.895. The van der Waals surface area contributed by atoms with Gasteiger partial charge in [-0.1, -0.05) is 25.0 Å². The van der Waals surface area contributed by atoms with Gasteiger partial charge in [0, 0.05) is 6.10 Å². The molecule has 0 spiro atoms. The largest absolute Gasteiger partial charge is 0.490 e. The predicted molar refractivity (Wildman–Crippen MR) is 104 cm³/mol. The van der Waals surface area contributed by atoms with Crippen LogP contribution in [0.1, 0.15) is 73.6 Å². The van der Waals surface area contributed by atoms with Gasteiger partial charge in [-0.15, -0.1) is 0 Å². The van der Waals surface area contributed by atoms with Gasteiger partial charge in [0.15, 0.2) is 0 Å². The molecule has 1 heterocycles. The lowest BCUT2D eigenvalue weighted by atomic mass is 9.67. The van der Waals surface area contributed by atoms with Gasteiger partial charge in [-0.2, -0.15) is 0 Å². The Morgan fingerprint density at radius 1 is 1.04 bits per heavy atom. The first-order chi connectivity index (χ1) is 10.9. The molecule has 0 unspecified atom stereocenters. The predicted octanol–water partition coefficient (Wildman–Crippen LogP) is 5.29.